The second kappa shape index (κ2) is 10.2. The van der Waals surface area contributed by atoms with Crippen LogP contribution in [0, 0.1) is 5.92 Å². The molecule has 1 saturated carbocycles. The van der Waals surface area contributed by atoms with Crippen molar-refractivity contribution in [2.24, 2.45) is 5.92 Å². The lowest BCUT2D eigenvalue weighted by atomic mass is 9.95. The molecule has 0 aliphatic heterocycles. The Balaban J connectivity index is 1.21. The maximum atomic E-state index is 10.9. The van der Waals surface area contributed by atoms with Crippen molar-refractivity contribution in [1.29, 1.82) is 0 Å². The van der Waals surface area contributed by atoms with Crippen molar-refractivity contribution < 1.29 is 19.7 Å². The monoisotopic (exact) mass is 437 g/mol. The Morgan fingerprint density at radius 2 is 1.78 bits per heavy atom. The zero-order chi connectivity index (χ0) is 22.6. The molecule has 2 aliphatic rings. The van der Waals surface area contributed by atoms with Gasteiger partial charge in [0.05, 0.1) is 18.8 Å². The molecule has 3 N–H and O–H groups in total. The standard InChI is InChI=1S/C27H35NO4/c1-19(25-9-5-4-6-21(25)10-11-26(30)31)32-18-24(29)17-28-27(12-13-27)16-20-14-22-7-2-3-8-23(22)15-20/h2-9,19-20,24,28-29H,10-18H2,1H3,(H,30,31)/t19-,24-/m1/s1. The molecule has 2 atom stereocenters. The van der Waals surface area contributed by atoms with E-state index in [2.05, 4.69) is 29.6 Å². The summed E-state index contributed by atoms with van der Waals surface area (Å²) in [4.78, 5) is 10.9. The smallest absolute Gasteiger partial charge is 0.303 e. The van der Waals surface area contributed by atoms with Crippen LogP contribution in [0.25, 0.3) is 0 Å². The summed E-state index contributed by atoms with van der Waals surface area (Å²) in [5.74, 6) is -0.108. The molecule has 2 aromatic rings. The first-order valence-electron chi connectivity index (χ1n) is 11.9. The Bertz CT molecular complexity index is 898. The highest BCUT2D eigenvalue weighted by Gasteiger charge is 2.44. The molecule has 0 saturated heterocycles. The summed E-state index contributed by atoms with van der Waals surface area (Å²) in [5.41, 5.74) is 5.17. The molecule has 0 aromatic heterocycles. The van der Waals surface area contributed by atoms with Gasteiger partial charge in [0.2, 0.25) is 0 Å². The molecule has 2 aliphatic carbocycles. The van der Waals surface area contributed by atoms with Crippen molar-refractivity contribution in [3.05, 3.63) is 70.8 Å². The van der Waals surface area contributed by atoms with Gasteiger partial charge in [-0.3, -0.25) is 4.79 Å². The third-order valence-corrected chi connectivity index (χ3v) is 7.02. The summed E-state index contributed by atoms with van der Waals surface area (Å²) >= 11 is 0. The molecular weight excluding hydrogens is 402 g/mol. The Morgan fingerprint density at radius 1 is 1.12 bits per heavy atom. The molecule has 5 heteroatoms. The van der Waals surface area contributed by atoms with Crippen LogP contribution in [-0.4, -0.2) is 41.0 Å². The fourth-order valence-corrected chi connectivity index (χ4v) is 5.09. The van der Waals surface area contributed by atoms with E-state index < -0.39 is 12.1 Å². The highest BCUT2D eigenvalue weighted by Crippen LogP contribution is 2.44. The number of carboxylic acid groups (broad SMARTS) is 1. The van der Waals surface area contributed by atoms with Gasteiger partial charge in [-0.1, -0.05) is 48.5 Å². The number of ether oxygens (including phenoxy) is 1. The van der Waals surface area contributed by atoms with Gasteiger partial charge in [0.1, 0.15) is 0 Å². The fraction of sp³-hybridized carbons (Fsp3) is 0.519. The van der Waals surface area contributed by atoms with Crippen molar-refractivity contribution in [3.63, 3.8) is 0 Å². The number of nitrogens with one attached hydrogen (secondary N) is 1. The quantitative estimate of drug-likeness (QED) is 0.467. The predicted octanol–water partition coefficient (Wildman–Crippen LogP) is 4.07. The van der Waals surface area contributed by atoms with E-state index in [0.717, 1.165) is 11.1 Å². The van der Waals surface area contributed by atoms with Gasteiger partial charge in [-0.2, -0.15) is 0 Å². The van der Waals surface area contributed by atoms with Gasteiger partial charge < -0.3 is 20.3 Å². The molecule has 0 radical (unpaired) electrons. The molecule has 172 valence electrons. The van der Waals surface area contributed by atoms with Crippen molar-refractivity contribution in [2.75, 3.05) is 13.2 Å². The summed E-state index contributed by atoms with van der Waals surface area (Å²) in [6.45, 7) is 2.75. The Labute approximate surface area is 190 Å². The molecule has 0 heterocycles. The van der Waals surface area contributed by atoms with E-state index in [1.54, 1.807) is 0 Å². The van der Waals surface area contributed by atoms with Crippen LogP contribution in [0.15, 0.2) is 48.5 Å². The van der Waals surface area contributed by atoms with E-state index in [0.29, 0.717) is 18.9 Å². The van der Waals surface area contributed by atoms with Crippen molar-refractivity contribution in [2.45, 2.75) is 69.6 Å². The third kappa shape index (κ3) is 5.97. The van der Waals surface area contributed by atoms with E-state index in [9.17, 15) is 9.90 Å². The third-order valence-electron chi connectivity index (χ3n) is 7.02. The number of aliphatic hydroxyl groups is 1. The number of carboxylic acids is 1. The molecule has 1 fully saturated rings. The Hall–Kier alpha value is -2.21. The summed E-state index contributed by atoms with van der Waals surface area (Å²) in [7, 11) is 0. The lowest BCUT2D eigenvalue weighted by Crippen LogP contribution is -2.40. The largest absolute Gasteiger partial charge is 0.481 e. The maximum Gasteiger partial charge on any atom is 0.303 e. The summed E-state index contributed by atoms with van der Waals surface area (Å²) in [5, 5.41) is 23.1. The number of aliphatic hydroxyl groups excluding tert-OH is 1. The minimum absolute atomic E-state index is 0.102. The molecule has 0 unspecified atom stereocenters. The fourth-order valence-electron chi connectivity index (χ4n) is 5.09. The summed E-state index contributed by atoms with van der Waals surface area (Å²) in [6, 6.07) is 16.6. The van der Waals surface area contributed by atoms with Crippen LogP contribution >= 0.6 is 0 Å². The van der Waals surface area contributed by atoms with Gasteiger partial charge in [-0.25, -0.2) is 0 Å². The average molecular weight is 438 g/mol. The average Bonchev–Trinajstić information content (AvgIpc) is 3.43. The lowest BCUT2D eigenvalue weighted by molar-refractivity contribution is -0.136. The van der Waals surface area contributed by atoms with Gasteiger partial charge in [-0.15, -0.1) is 0 Å². The first kappa shape index (κ1) is 23.0. The number of aryl methyl sites for hydroxylation is 1. The number of benzene rings is 2. The van der Waals surface area contributed by atoms with Gasteiger partial charge >= 0.3 is 5.97 Å². The van der Waals surface area contributed by atoms with Crippen LogP contribution in [-0.2, 0) is 28.8 Å². The van der Waals surface area contributed by atoms with E-state index in [1.165, 1.54) is 43.2 Å². The van der Waals surface area contributed by atoms with Gasteiger partial charge in [0.15, 0.2) is 0 Å². The molecule has 0 spiro atoms. The number of β-amino-alcohol motifs (C(OH)–C–C–N with tert-alkyl or cyclic N) is 1. The second-order valence-electron chi connectivity index (χ2n) is 9.63. The van der Waals surface area contributed by atoms with Gasteiger partial charge in [-0.05, 0) is 73.6 Å². The lowest BCUT2D eigenvalue weighted by Gasteiger charge is -2.24. The minimum Gasteiger partial charge on any atom is -0.481 e. The number of fused-ring (bicyclic) bond motifs is 1. The van der Waals surface area contributed by atoms with E-state index in [1.807, 2.05) is 31.2 Å². The first-order valence-corrected chi connectivity index (χ1v) is 11.9. The van der Waals surface area contributed by atoms with E-state index >= 15 is 0 Å². The van der Waals surface area contributed by atoms with E-state index in [-0.39, 0.29) is 24.7 Å². The molecule has 5 nitrogen and oxygen atoms in total. The Kier molecular flexibility index (Phi) is 7.29. The normalized spacial score (nSPS) is 18.8. The molecule has 4 rings (SSSR count). The summed E-state index contributed by atoms with van der Waals surface area (Å²) < 4.78 is 5.96. The van der Waals surface area contributed by atoms with Gasteiger partial charge in [0, 0.05) is 18.5 Å². The van der Waals surface area contributed by atoms with Crippen molar-refractivity contribution in [1.82, 2.24) is 5.32 Å². The predicted molar refractivity (Wildman–Crippen MR) is 125 cm³/mol. The molecular formula is C27H35NO4. The van der Waals surface area contributed by atoms with E-state index in [4.69, 9.17) is 9.84 Å². The van der Waals surface area contributed by atoms with Crippen LogP contribution in [0.3, 0.4) is 0 Å². The highest BCUT2D eigenvalue weighted by atomic mass is 16.5. The molecule has 2 aromatic carbocycles. The topological polar surface area (TPSA) is 78.8 Å². The molecule has 32 heavy (non-hydrogen) atoms. The number of hydrogen-bond acceptors (Lipinski definition) is 4. The van der Waals surface area contributed by atoms with Crippen molar-refractivity contribution in [3.8, 4) is 0 Å². The minimum atomic E-state index is -0.801. The van der Waals surface area contributed by atoms with Crippen LogP contribution in [0.2, 0.25) is 0 Å². The second-order valence-corrected chi connectivity index (χ2v) is 9.63. The van der Waals surface area contributed by atoms with Crippen LogP contribution in [0.4, 0.5) is 0 Å². The zero-order valence-electron chi connectivity index (χ0n) is 18.9. The van der Waals surface area contributed by atoms with Gasteiger partial charge in [0.25, 0.3) is 0 Å². The number of rotatable bonds is 12. The van der Waals surface area contributed by atoms with Crippen LogP contribution in [0.1, 0.15) is 61.0 Å². The first-order chi connectivity index (χ1) is 15.4. The Morgan fingerprint density at radius 3 is 2.44 bits per heavy atom. The van der Waals surface area contributed by atoms with Crippen molar-refractivity contribution >= 4 is 5.97 Å². The molecule has 0 amide bonds. The zero-order valence-corrected chi connectivity index (χ0v) is 18.9. The number of aliphatic carboxylic acids is 1. The van der Waals surface area contributed by atoms with Crippen LogP contribution in [0.5, 0.6) is 0 Å². The number of hydrogen-bond donors (Lipinski definition) is 3. The SMILES string of the molecule is C[C@@H](OC[C@H](O)CNC1(CC2Cc3ccccc3C2)CC1)c1ccccc1CCC(=O)O. The van der Waals surface area contributed by atoms with Crippen LogP contribution < -0.4 is 5.32 Å². The highest BCUT2D eigenvalue weighted by molar-refractivity contribution is 5.67. The molecule has 0 bridgehead atoms. The maximum absolute atomic E-state index is 10.9. The summed E-state index contributed by atoms with van der Waals surface area (Å²) in [6.07, 6.45) is 5.70. The number of carbonyl (C=O) groups is 1.